The van der Waals surface area contributed by atoms with Crippen molar-refractivity contribution in [2.45, 2.75) is 38.6 Å². The predicted molar refractivity (Wildman–Crippen MR) is 73.8 cm³/mol. The van der Waals surface area contributed by atoms with E-state index >= 15 is 0 Å². The van der Waals surface area contributed by atoms with Gasteiger partial charge in [-0.25, -0.2) is 4.98 Å². The lowest BCUT2D eigenvalue weighted by atomic mass is 9.90. The zero-order valence-electron chi connectivity index (χ0n) is 11.3. The molecular formula is C14H21N3O2. The third-order valence-electron chi connectivity index (χ3n) is 3.55. The van der Waals surface area contributed by atoms with E-state index in [2.05, 4.69) is 4.98 Å². The van der Waals surface area contributed by atoms with Gasteiger partial charge in [-0.05, 0) is 44.7 Å². The quantitative estimate of drug-likeness (QED) is 0.840. The average Bonchev–Trinajstić information content (AvgIpc) is 2.29. The summed E-state index contributed by atoms with van der Waals surface area (Å²) in [6.07, 6.45) is 3.89. The lowest BCUT2D eigenvalue weighted by Gasteiger charge is -2.37. The Kier molecular flexibility index (Phi) is 4.37. The van der Waals surface area contributed by atoms with Crippen LogP contribution < -0.4 is 5.73 Å². The molecule has 2 rings (SSSR count). The molecule has 0 aromatic carbocycles. The molecule has 0 unspecified atom stereocenters. The summed E-state index contributed by atoms with van der Waals surface area (Å²) in [5, 5.41) is 8.96. The minimum Gasteiger partial charge on any atom is -0.396 e. The molecule has 0 bridgehead atoms. The summed E-state index contributed by atoms with van der Waals surface area (Å²) in [7, 11) is 0. The van der Waals surface area contributed by atoms with Gasteiger partial charge in [-0.2, -0.15) is 0 Å². The maximum atomic E-state index is 12.6. The van der Waals surface area contributed by atoms with Gasteiger partial charge in [0.05, 0.1) is 0 Å². The lowest BCUT2D eigenvalue weighted by molar-refractivity contribution is 0.0562. The number of pyridine rings is 1. The van der Waals surface area contributed by atoms with Gasteiger partial charge in [-0.15, -0.1) is 0 Å². The van der Waals surface area contributed by atoms with Gasteiger partial charge in [0.2, 0.25) is 0 Å². The highest BCUT2D eigenvalue weighted by Gasteiger charge is 2.29. The van der Waals surface area contributed by atoms with E-state index in [4.69, 9.17) is 10.8 Å². The normalized spacial score (nSPS) is 15.1. The van der Waals surface area contributed by atoms with Crippen molar-refractivity contribution in [1.29, 1.82) is 0 Å². The zero-order valence-corrected chi connectivity index (χ0v) is 11.3. The molecule has 1 fully saturated rings. The van der Waals surface area contributed by atoms with Crippen LogP contribution in [-0.4, -0.2) is 40.1 Å². The summed E-state index contributed by atoms with van der Waals surface area (Å²) in [6, 6.07) is 3.71. The highest BCUT2D eigenvalue weighted by atomic mass is 16.3. The molecule has 1 saturated carbocycles. The molecule has 1 aromatic heterocycles. The number of anilines is 1. The molecule has 0 aliphatic heterocycles. The minimum absolute atomic E-state index is 0.00431. The number of rotatable bonds is 5. The average molecular weight is 263 g/mol. The number of aliphatic hydroxyl groups is 1. The van der Waals surface area contributed by atoms with E-state index in [0.29, 0.717) is 30.4 Å². The number of nitrogens with two attached hydrogens (primary N) is 1. The van der Waals surface area contributed by atoms with E-state index in [9.17, 15) is 4.79 Å². The Morgan fingerprint density at radius 2 is 2.26 bits per heavy atom. The monoisotopic (exact) mass is 263 g/mol. The highest BCUT2D eigenvalue weighted by Crippen LogP contribution is 2.26. The first-order valence-corrected chi connectivity index (χ1v) is 6.78. The molecule has 5 heteroatoms. The fraction of sp³-hybridized carbons (Fsp3) is 0.571. The first kappa shape index (κ1) is 13.8. The Morgan fingerprint density at radius 3 is 2.79 bits per heavy atom. The number of nitrogen functional groups attached to an aromatic ring is 1. The maximum Gasteiger partial charge on any atom is 0.254 e. The second-order valence-electron chi connectivity index (χ2n) is 5.08. The third-order valence-corrected chi connectivity index (χ3v) is 3.55. The fourth-order valence-electron chi connectivity index (χ4n) is 2.37. The van der Waals surface area contributed by atoms with Gasteiger partial charge in [0.1, 0.15) is 5.82 Å². The van der Waals surface area contributed by atoms with Crippen LogP contribution >= 0.6 is 0 Å². The summed E-state index contributed by atoms with van der Waals surface area (Å²) in [5.74, 6) is 0.370. The molecule has 0 saturated heterocycles. The van der Waals surface area contributed by atoms with Crippen LogP contribution in [0.15, 0.2) is 12.1 Å². The van der Waals surface area contributed by atoms with Crippen molar-refractivity contribution in [2.75, 3.05) is 18.9 Å². The highest BCUT2D eigenvalue weighted by molar-refractivity contribution is 5.95. The molecular weight excluding hydrogens is 242 g/mol. The summed E-state index contributed by atoms with van der Waals surface area (Å²) in [5.41, 5.74) is 7.04. The number of aromatic nitrogens is 1. The number of aryl methyl sites for hydroxylation is 1. The van der Waals surface area contributed by atoms with Crippen molar-refractivity contribution in [1.82, 2.24) is 9.88 Å². The zero-order chi connectivity index (χ0) is 13.8. The van der Waals surface area contributed by atoms with Crippen molar-refractivity contribution >= 4 is 11.7 Å². The van der Waals surface area contributed by atoms with E-state index in [1.165, 1.54) is 6.42 Å². The Bertz CT molecular complexity index is 438. The molecule has 1 aromatic rings. The first-order chi connectivity index (χ1) is 9.11. The Balaban J connectivity index is 2.17. The molecule has 0 atom stereocenters. The van der Waals surface area contributed by atoms with Crippen LogP contribution in [-0.2, 0) is 0 Å². The van der Waals surface area contributed by atoms with Crippen LogP contribution in [0.2, 0.25) is 0 Å². The second kappa shape index (κ2) is 6.02. The molecule has 19 heavy (non-hydrogen) atoms. The van der Waals surface area contributed by atoms with Crippen molar-refractivity contribution in [3.8, 4) is 0 Å². The Hall–Kier alpha value is -1.62. The van der Waals surface area contributed by atoms with E-state index in [1.54, 1.807) is 12.1 Å². The van der Waals surface area contributed by atoms with Gasteiger partial charge in [0, 0.05) is 30.5 Å². The lowest BCUT2D eigenvalue weighted by Crippen LogP contribution is -2.45. The molecule has 0 spiro atoms. The van der Waals surface area contributed by atoms with Gasteiger partial charge in [-0.3, -0.25) is 4.79 Å². The second-order valence-corrected chi connectivity index (χ2v) is 5.08. The van der Waals surface area contributed by atoms with Crippen LogP contribution in [0.25, 0.3) is 0 Å². The smallest absolute Gasteiger partial charge is 0.254 e. The van der Waals surface area contributed by atoms with E-state index < -0.39 is 0 Å². The number of carbonyl (C=O) groups excluding carboxylic acids is 1. The van der Waals surface area contributed by atoms with Crippen LogP contribution in [0.4, 0.5) is 5.82 Å². The summed E-state index contributed by atoms with van der Waals surface area (Å²) >= 11 is 0. The SMILES string of the molecule is Cc1cc(C(=O)N(CCCO)C2CCC2)cc(N)n1. The van der Waals surface area contributed by atoms with Gasteiger partial charge < -0.3 is 15.7 Å². The molecule has 5 nitrogen and oxygen atoms in total. The number of nitrogens with zero attached hydrogens (tertiary/aromatic N) is 2. The van der Waals surface area contributed by atoms with E-state index in [0.717, 1.165) is 18.5 Å². The summed E-state index contributed by atoms with van der Waals surface area (Å²) in [6.45, 7) is 2.53. The van der Waals surface area contributed by atoms with Crippen LogP contribution in [0.5, 0.6) is 0 Å². The third kappa shape index (κ3) is 3.23. The van der Waals surface area contributed by atoms with Crippen LogP contribution in [0.1, 0.15) is 41.7 Å². The first-order valence-electron chi connectivity index (χ1n) is 6.78. The molecule has 3 N–H and O–H groups in total. The van der Waals surface area contributed by atoms with Crippen LogP contribution in [0.3, 0.4) is 0 Å². The van der Waals surface area contributed by atoms with Crippen LogP contribution in [0, 0.1) is 6.92 Å². The van der Waals surface area contributed by atoms with Crippen molar-refractivity contribution < 1.29 is 9.90 Å². The Labute approximate surface area is 113 Å². The maximum absolute atomic E-state index is 12.6. The molecule has 104 valence electrons. The number of aliphatic hydroxyl groups excluding tert-OH is 1. The summed E-state index contributed by atoms with van der Waals surface area (Å²) in [4.78, 5) is 18.5. The Morgan fingerprint density at radius 1 is 1.53 bits per heavy atom. The standard InChI is InChI=1S/C14H21N3O2/c1-10-8-11(9-13(15)16-10)14(19)17(6-3-7-18)12-4-2-5-12/h8-9,12,18H,2-7H2,1H3,(H2,15,16). The summed E-state index contributed by atoms with van der Waals surface area (Å²) < 4.78 is 0. The number of hydrogen-bond donors (Lipinski definition) is 2. The number of amides is 1. The molecule has 1 heterocycles. The predicted octanol–water partition coefficient (Wildman–Crippen LogP) is 1.35. The van der Waals surface area contributed by atoms with Gasteiger partial charge in [0.15, 0.2) is 0 Å². The van der Waals surface area contributed by atoms with Gasteiger partial charge >= 0.3 is 0 Å². The molecule has 1 amide bonds. The van der Waals surface area contributed by atoms with Gasteiger partial charge in [-0.1, -0.05) is 0 Å². The fourth-order valence-corrected chi connectivity index (χ4v) is 2.37. The largest absolute Gasteiger partial charge is 0.396 e. The minimum atomic E-state index is -0.00431. The molecule has 1 aliphatic carbocycles. The molecule has 1 aliphatic rings. The molecule has 0 radical (unpaired) electrons. The van der Waals surface area contributed by atoms with Gasteiger partial charge in [0.25, 0.3) is 5.91 Å². The van der Waals surface area contributed by atoms with Crippen molar-refractivity contribution in [2.24, 2.45) is 0 Å². The van der Waals surface area contributed by atoms with E-state index in [1.807, 2.05) is 11.8 Å². The number of carbonyl (C=O) groups is 1. The topological polar surface area (TPSA) is 79.5 Å². The van der Waals surface area contributed by atoms with E-state index in [-0.39, 0.29) is 12.5 Å². The van der Waals surface area contributed by atoms with Crippen molar-refractivity contribution in [3.63, 3.8) is 0 Å². The van der Waals surface area contributed by atoms with Crippen molar-refractivity contribution in [3.05, 3.63) is 23.4 Å². The number of hydrogen-bond acceptors (Lipinski definition) is 4.